The number of para-hydroxylation sites is 1. The van der Waals surface area contributed by atoms with E-state index in [1.54, 1.807) is 6.33 Å². The number of hydrogen-bond acceptors (Lipinski definition) is 3. The van der Waals surface area contributed by atoms with E-state index in [0.717, 1.165) is 35.6 Å². The summed E-state index contributed by atoms with van der Waals surface area (Å²) in [5, 5.41) is 8.09. The zero-order valence-corrected chi connectivity index (χ0v) is 9.64. The Morgan fingerprint density at radius 3 is 2.94 bits per heavy atom. The molecule has 0 spiro atoms. The second kappa shape index (κ2) is 4.35. The first-order valence-electron chi connectivity index (χ1n) is 5.47. The molecule has 4 nitrogen and oxygen atoms in total. The fourth-order valence-corrected chi connectivity index (χ4v) is 1.74. The van der Waals surface area contributed by atoms with Gasteiger partial charge in [0.2, 0.25) is 0 Å². The minimum atomic E-state index is 0.785. The molecule has 0 unspecified atom stereocenters. The average molecular weight is 216 g/mol. The van der Waals surface area contributed by atoms with E-state index < -0.39 is 0 Å². The van der Waals surface area contributed by atoms with Crippen molar-refractivity contribution in [2.24, 2.45) is 0 Å². The maximum Gasteiger partial charge on any atom is 0.165 e. The number of aromatic nitrogens is 3. The number of nitrogen functional groups attached to an aromatic ring is 1. The number of rotatable bonds is 3. The normalized spacial score (nSPS) is 10.6. The number of hydrogen-bond donors (Lipinski definition) is 1. The number of nitrogens with two attached hydrogens (primary N) is 1. The minimum Gasteiger partial charge on any atom is -0.398 e. The van der Waals surface area contributed by atoms with E-state index in [2.05, 4.69) is 17.1 Å². The largest absolute Gasteiger partial charge is 0.398 e. The molecule has 0 amide bonds. The van der Waals surface area contributed by atoms with Crippen LogP contribution in [0.3, 0.4) is 0 Å². The molecule has 1 heterocycles. The summed E-state index contributed by atoms with van der Waals surface area (Å²) in [7, 11) is 0. The van der Waals surface area contributed by atoms with Gasteiger partial charge in [-0.25, -0.2) is 0 Å². The number of benzene rings is 1. The number of anilines is 1. The van der Waals surface area contributed by atoms with Gasteiger partial charge in [-0.15, -0.1) is 10.2 Å². The SMILES string of the molecule is CCCn1cnnc1-c1cccc(C)c1N. The van der Waals surface area contributed by atoms with Crippen LogP contribution in [0.4, 0.5) is 5.69 Å². The van der Waals surface area contributed by atoms with E-state index in [9.17, 15) is 0 Å². The van der Waals surface area contributed by atoms with Crippen molar-refractivity contribution in [3.8, 4) is 11.4 Å². The summed E-state index contributed by atoms with van der Waals surface area (Å²) in [4.78, 5) is 0. The van der Waals surface area contributed by atoms with Gasteiger partial charge >= 0.3 is 0 Å². The highest BCUT2D eigenvalue weighted by atomic mass is 15.3. The van der Waals surface area contributed by atoms with Gasteiger partial charge in [0.1, 0.15) is 6.33 Å². The van der Waals surface area contributed by atoms with E-state index in [-0.39, 0.29) is 0 Å². The molecule has 0 saturated carbocycles. The van der Waals surface area contributed by atoms with Gasteiger partial charge in [-0.05, 0) is 25.0 Å². The van der Waals surface area contributed by atoms with Crippen molar-refractivity contribution in [3.05, 3.63) is 30.1 Å². The van der Waals surface area contributed by atoms with Crippen LogP contribution in [-0.2, 0) is 6.54 Å². The molecule has 0 radical (unpaired) electrons. The molecule has 0 saturated heterocycles. The van der Waals surface area contributed by atoms with Crippen LogP contribution in [0.1, 0.15) is 18.9 Å². The molecular weight excluding hydrogens is 200 g/mol. The molecule has 2 rings (SSSR count). The first kappa shape index (κ1) is 10.7. The summed E-state index contributed by atoms with van der Waals surface area (Å²) in [6.45, 7) is 5.04. The zero-order chi connectivity index (χ0) is 11.5. The molecule has 0 atom stereocenters. The van der Waals surface area contributed by atoms with Gasteiger partial charge in [-0.1, -0.05) is 19.1 Å². The topological polar surface area (TPSA) is 56.7 Å². The van der Waals surface area contributed by atoms with Crippen LogP contribution < -0.4 is 5.73 Å². The average Bonchev–Trinajstić information content (AvgIpc) is 2.71. The standard InChI is InChI=1S/C12H16N4/c1-3-7-16-8-14-15-12(16)10-6-4-5-9(2)11(10)13/h4-6,8H,3,7,13H2,1-2H3. The van der Waals surface area contributed by atoms with Crippen LogP contribution in [0.15, 0.2) is 24.5 Å². The molecule has 0 aliphatic rings. The highest BCUT2D eigenvalue weighted by Gasteiger charge is 2.10. The first-order chi connectivity index (χ1) is 7.74. The fraction of sp³-hybridized carbons (Fsp3) is 0.333. The van der Waals surface area contributed by atoms with E-state index in [0.29, 0.717) is 0 Å². The third kappa shape index (κ3) is 1.78. The van der Waals surface area contributed by atoms with Gasteiger partial charge in [0.15, 0.2) is 5.82 Å². The Hall–Kier alpha value is -1.84. The van der Waals surface area contributed by atoms with Crippen LogP contribution in [0.25, 0.3) is 11.4 Å². The van der Waals surface area contributed by atoms with Crippen molar-refractivity contribution >= 4 is 5.69 Å². The number of nitrogens with zero attached hydrogens (tertiary/aromatic N) is 3. The molecule has 2 aromatic rings. The lowest BCUT2D eigenvalue weighted by atomic mass is 10.1. The molecule has 0 aliphatic heterocycles. The lowest BCUT2D eigenvalue weighted by molar-refractivity contribution is 0.683. The van der Waals surface area contributed by atoms with E-state index in [4.69, 9.17) is 5.73 Å². The van der Waals surface area contributed by atoms with Gasteiger partial charge in [-0.2, -0.15) is 0 Å². The van der Waals surface area contributed by atoms with Crippen molar-refractivity contribution < 1.29 is 0 Å². The van der Waals surface area contributed by atoms with Crippen molar-refractivity contribution in [2.45, 2.75) is 26.8 Å². The summed E-state index contributed by atoms with van der Waals surface area (Å²) in [5.41, 5.74) is 8.88. The lowest BCUT2D eigenvalue weighted by Gasteiger charge is -2.09. The Bertz CT molecular complexity index is 488. The van der Waals surface area contributed by atoms with Crippen LogP contribution in [0.2, 0.25) is 0 Å². The smallest absolute Gasteiger partial charge is 0.165 e. The third-order valence-corrected chi connectivity index (χ3v) is 2.65. The predicted molar refractivity (Wildman–Crippen MR) is 64.9 cm³/mol. The minimum absolute atomic E-state index is 0.785. The van der Waals surface area contributed by atoms with Crippen LogP contribution >= 0.6 is 0 Å². The van der Waals surface area contributed by atoms with E-state index in [1.807, 2.05) is 29.7 Å². The predicted octanol–water partition coefficient (Wildman–Crippen LogP) is 2.25. The molecule has 4 heteroatoms. The molecule has 0 bridgehead atoms. The Balaban J connectivity index is 2.50. The second-order valence-corrected chi connectivity index (χ2v) is 3.88. The van der Waals surface area contributed by atoms with Gasteiger partial charge in [-0.3, -0.25) is 0 Å². The highest BCUT2D eigenvalue weighted by Crippen LogP contribution is 2.26. The molecule has 2 N–H and O–H groups in total. The van der Waals surface area contributed by atoms with Crippen LogP contribution in [0.5, 0.6) is 0 Å². The van der Waals surface area contributed by atoms with E-state index >= 15 is 0 Å². The number of aryl methyl sites for hydroxylation is 2. The Labute approximate surface area is 95.1 Å². The second-order valence-electron chi connectivity index (χ2n) is 3.88. The Morgan fingerprint density at radius 1 is 1.38 bits per heavy atom. The molecule has 1 aromatic carbocycles. The summed E-state index contributed by atoms with van der Waals surface area (Å²) in [6.07, 6.45) is 2.80. The van der Waals surface area contributed by atoms with E-state index in [1.165, 1.54) is 0 Å². The maximum absolute atomic E-state index is 6.06. The van der Waals surface area contributed by atoms with Gasteiger partial charge in [0, 0.05) is 17.8 Å². The van der Waals surface area contributed by atoms with Crippen molar-refractivity contribution in [2.75, 3.05) is 5.73 Å². The molecule has 1 aromatic heterocycles. The summed E-state index contributed by atoms with van der Waals surface area (Å²) < 4.78 is 2.03. The zero-order valence-electron chi connectivity index (χ0n) is 9.64. The fourth-order valence-electron chi connectivity index (χ4n) is 1.74. The summed E-state index contributed by atoms with van der Waals surface area (Å²) in [6, 6.07) is 5.98. The quantitative estimate of drug-likeness (QED) is 0.800. The van der Waals surface area contributed by atoms with Crippen LogP contribution in [-0.4, -0.2) is 14.8 Å². The molecule has 0 aliphatic carbocycles. The Kier molecular flexibility index (Phi) is 2.90. The first-order valence-corrected chi connectivity index (χ1v) is 5.47. The molecule has 84 valence electrons. The van der Waals surface area contributed by atoms with Gasteiger partial charge in [0.05, 0.1) is 0 Å². The van der Waals surface area contributed by atoms with Crippen molar-refractivity contribution in [1.82, 2.24) is 14.8 Å². The van der Waals surface area contributed by atoms with Crippen molar-refractivity contribution in [3.63, 3.8) is 0 Å². The molecular formula is C12H16N4. The molecule has 16 heavy (non-hydrogen) atoms. The van der Waals surface area contributed by atoms with Crippen LogP contribution in [0, 0.1) is 6.92 Å². The summed E-state index contributed by atoms with van der Waals surface area (Å²) in [5.74, 6) is 0.850. The third-order valence-electron chi connectivity index (χ3n) is 2.65. The van der Waals surface area contributed by atoms with Crippen molar-refractivity contribution in [1.29, 1.82) is 0 Å². The monoisotopic (exact) mass is 216 g/mol. The Morgan fingerprint density at radius 2 is 2.19 bits per heavy atom. The van der Waals surface area contributed by atoms with Gasteiger partial charge < -0.3 is 10.3 Å². The summed E-state index contributed by atoms with van der Waals surface area (Å²) >= 11 is 0. The molecule has 0 fully saturated rings. The highest BCUT2D eigenvalue weighted by molar-refractivity contribution is 5.74. The maximum atomic E-state index is 6.06. The van der Waals surface area contributed by atoms with Gasteiger partial charge in [0.25, 0.3) is 0 Å². The lowest BCUT2D eigenvalue weighted by Crippen LogP contribution is -2.01.